The molecule has 0 amide bonds. The number of likely N-dealkylation sites (N-methyl/N-ethyl adjacent to an activating group) is 1. The van der Waals surface area contributed by atoms with Gasteiger partial charge >= 0.3 is 0 Å². The van der Waals surface area contributed by atoms with Crippen LogP contribution < -0.4 is 10.1 Å². The molecule has 0 spiro atoms. The van der Waals surface area contributed by atoms with Gasteiger partial charge in [0.25, 0.3) is 0 Å². The van der Waals surface area contributed by atoms with Crippen LogP contribution in [0.5, 0.6) is 5.75 Å². The molecule has 2 atom stereocenters. The first-order valence-electron chi connectivity index (χ1n) is 11.4. The van der Waals surface area contributed by atoms with Crippen molar-refractivity contribution in [2.45, 2.75) is 39.7 Å². The van der Waals surface area contributed by atoms with E-state index in [4.69, 9.17) is 24.0 Å². The number of aryl methyl sites for hydroxylation is 2. The summed E-state index contributed by atoms with van der Waals surface area (Å²) < 4.78 is 16.8. The van der Waals surface area contributed by atoms with E-state index in [-0.39, 0.29) is 6.61 Å². The van der Waals surface area contributed by atoms with Gasteiger partial charge in [0.1, 0.15) is 24.2 Å². The number of aromatic nitrogens is 3. The third-order valence-corrected chi connectivity index (χ3v) is 6.00. The molecular formula is C25H32N4O4. The summed E-state index contributed by atoms with van der Waals surface area (Å²) in [4.78, 5) is 9.92. The largest absolute Gasteiger partial charge is 0.491 e. The van der Waals surface area contributed by atoms with E-state index in [1.54, 1.807) is 7.05 Å². The molecule has 3 aromatic rings. The molecule has 1 fully saturated rings. The molecule has 0 saturated carbocycles. The van der Waals surface area contributed by atoms with Crippen LogP contribution in [0.15, 0.2) is 28.8 Å². The van der Waals surface area contributed by atoms with Crippen molar-refractivity contribution in [2.75, 3.05) is 33.4 Å². The molecule has 1 aromatic carbocycles. The molecule has 0 bridgehead atoms. The van der Waals surface area contributed by atoms with Crippen LogP contribution >= 0.6 is 0 Å². The predicted octanol–water partition coefficient (Wildman–Crippen LogP) is 3.26. The molecule has 2 N–H and O–H groups in total. The molecule has 2 aromatic heterocycles. The van der Waals surface area contributed by atoms with Crippen molar-refractivity contribution in [3.63, 3.8) is 0 Å². The SMILES string of the molecule is CNCC(O)COc1cccc(-c2nc(C[C@@H]3CCOC3)c(C)c(-c3c(C)noc3C)n2)c1. The number of aliphatic hydroxyl groups excluding tert-OH is 1. The molecule has 1 saturated heterocycles. The van der Waals surface area contributed by atoms with Crippen LogP contribution in [-0.4, -0.2) is 59.7 Å². The monoisotopic (exact) mass is 452 g/mol. The molecule has 1 unspecified atom stereocenters. The Morgan fingerprint density at radius 2 is 2.09 bits per heavy atom. The number of hydrogen-bond donors (Lipinski definition) is 2. The Hall–Kier alpha value is -2.81. The molecule has 4 rings (SSSR count). The summed E-state index contributed by atoms with van der Waals surface area (Å²) in [6.45, 7) is 8.15. The Labute approximate surface area is 194 Å². The molecule has 33 heavy (non-hydrogen) atoms. The van der Waals surface area contributed by atoms with Gasteiger partial charge in [-0.2, -0.15) is 0 Å². The molecule has 8 heteroatoms. The van der Waals surface area contributed by atoms with Crippen molar-refractivity contribution in [1.82, 2.24) is 20.4 Å². The van der Waals surface area contributed by atoms with E-state index in [9.17, 15) is 5.11 Å². The maximum Gasteiger partial charge on any atom is 0.160 e. The highest BCUT2D eigenvalue weighted by Gasteiger charge is 2.23. The maximum atomic E-state index is 9.96. The first-order chi connectivity index (χ1) is 16.0. The van der Waals surface area contributed by atoms with Crippen LogP contribution in [0.2, 0.25) is 0 Å². The minimum atomic E-state index is -0.583. The lowest BCUT2D eigenvalue weighted by Crippen LogP contribution is -2.29. The molecule has 0 aliphatic carbocycles. The van der Waals surface area contributed by atoms with E-state index in [2.05, 4.69) is 17.4 Å². The molecular weight excluding hydrogens is 420 g/mol. The zero-order valence-corrected chi connectivity index (χ0v) is 19.7. The number of hydrogen-bond acceptors (Lipinski definition) is 8. The van der Waals surface area contributed by atoms with Crippen molar-refractivity contribution in [1.29, 1.82) is 0 Å². The van der Waals surface area contributed by atoms with Gasteiger partial charge in [-0.15, -0.1) is 0 Å². The fourth-order valence-corrected chi connectivity index (χ4v) is 4.19. The number of nitrogens with zero attached hydrogens (tertiary/aromatic N) is 3. The number of benzene rings is 1. The van der Waals surface area contributed by atoms with Crippen LogP contribution in [0.4, 0.5) is 0 Å². The smallest absolute Gasteiger partial charge is 0.160 e. The fraction of sp³-hybridized carbons (Fsp3) is 0.480. The van der Waals surface area contributed by atoms with Gasteiger partial charge in [0.15, 0.2) is 5.82 Å². The van der Waals surface area contributed by atoms with E-state index in [0.29, 0.717) is 24.0 Å². The summed E-state index contributed by atoms with van der Waals surface area (Å²) >= 11 is 0. The second-order valence-corrected chi connectivity index (χ2v) is 8.65. The van der Waals surface area contributed by atoms with Gasteiger partial charge in [-0.25, -0.2) is 9.97 Å². The highest BCUT2D eigenvalue weighted by atomic mass is 16.5. The van der Waals surface area contributed by atoms with Gasteiger partial charge < -0.3 is 24.4 Å². The predicted molar refractivity (Wildman–Crippen MR) is 125 cm³/mol. The molecule has 176 valence electrons. The Kier molecular flexibility index (Phi) is 7.37. The lowest BCUT2D eigenvalue weighted by Gasteiger charge is -2.16. The van der Waals surface area contributed by atoms with Crippen molar-refractivity contribution in [2.24, 2.45) is 5.92 Å². The second-order valence-electron chi connectivity index (χ2n) is 8.65. The van der Waals surface area contributed by atoms with E-state index in [1.807, 2.05) is 38.1 Å². The molecule has 8 nitrogen and oxygen atoms in total. The summed E-state index contributed by atoms with van der Waals surface area (Å²) in [6, 6.07) is 7.67. The van der Waals surface area contributed by atoms with Crippen LogP contribution in [0.25, 0.3) is 22.6 Å². The average Bonchev–Trinajstić information content (AvgIpc) is 3.44. The highest BCUT2D eigenvalue weighted by molar-refractivity contribution is 5.71. The summed E-state index contributed by atoms with van der Waals surface area (Å²) in [5, 5.41) is 17.0. The van der Waals surface area contributed by atoms with Crippen LogP contribution in [-0.2, 0) is 11.2 Å². The van der Waals surface area contributed by atoms with Gasteiger partial charge in [-0.05, 0) is 64.3 Å². The lowest BCUT2D eigenvalue weighted by molar-refractivity contribution is 0.108. The zero-order valence-electron chi connectivity index (χ0n) is 19.7. The van der Waals surface area contributed by atoms with Gasteiger partial charge in [0.2, 0.25) is 0 Å². The highest BCUT2D eigenvalue weighted by Crippen LogP contribution is 2.33. The zero-order chi connectivity index (χ0) is 23.4. The lowest BCUT2D eigenvalue weighted by atomic mass is 9.96. The first-order valence-corrected chi connectivity index (χ1v) is 11.4. The minimum absolute atomic E-state index is 0.205. The van der Waals surface area contributed by atoms with Crippen LogP contribution in [0.1, 0.15) is 29.1 Å². The molecule has 3 heterocycles. The van der Waals surface area contributed by atoms with E-state index in [0.717, 1.165) is 65.6 Å². The molecule has 1 aliphatic rings. The minimum Gasteiger partial charge on any atom is -0.491 e. The van der Waals surface area contributed by atoms with Gasteiger partial charge in [0.05, 0.1) is 17.0 Å². The van der Waals surface area contributed by atoms with Gasteiger partial charge in [-0.1, -0.05) is 17.3 Å². The number of nitrogens with one attached hydrogen (secondary N) is 1. The molecule has 0 radical (unpaired) electrons. The fourth-order valence-electron chi connectivity index (χ4n) is 4.19. The van der Waals surface area contributed by atoms with E-state index >= 15 is 0 Å². The normalized spacial score (nSPS) is 16.8. The number of ether oxygens (including phenoxy) is 2. The van der Waals surface area contributed by atoms with E-state index < -0.39 is 6.10 Å². The summed E-state index contributed by atoms with van der Waals surface area (Å²) in [6.07, 6.45) is 1.29. The Balaban J connectivity index is 1.72. The third kappa shape index (κ3) is 5.40. The van der Waals surface area contributed by atoms with Crippen LogP contribution in [0, 0.1) is 26.7 Å². The Morgan fingerprint density at radius 1 is 1.24 bits per heavy atom. The third-order valence-electron chi connectivity index (χ3n) is 6.00. The Bertz CT molecular complexity index is 1070. The van der Waals surface area contributed by atoms with Crippen molar-refractivity contribution >= 4 is 0 Å². The van der Waals surface area contributed by atoms with Crippen molar-refractivity contribution in [3.8, 4) is 28.4 Å². The first kappa shape index (κ1) is 23.4. The Morgan fingerprint density at radius 3 is 2.79 bits per heavy atom. The number of rotatable bonds is 9. The van der Waals surface area contributed by atoms with Gasteiger partial charge in [0, 0.05) is 31.0 Å². The van der Waals surface area contributed by atoms with E-state index in [1.165, 1.54) is 0 Å². The standard InChI is InChI=1S/C25H32N4O4/c1-15-22(10-18-8-9-31-13-18)27-25(28-24(15)23-16(2)29-33-17(23)3)19-6-5-7-21(11-19)32-14-20(30)12-26-4/h5-7,11,18,20,26,30H,8-10,12-14H2,1-4H3/t18-,20?/m0/s1. The summed E-state index contributed by atoms with van der Waals surface area (Å²) in [5.41, 5.74) is 5.49. The average molecular weight is 453 g/mol. The quantitative estimate of drug-likeness (QED) is 0.510. The summed E-state index contributed by atoms with van der Waals surface area (Å²) in [7, 11) is 1.80. The maximum absolute atomic E-state index is 9.96. The molecule has 1 aliphatic heterocycles. The van der Waals surface area contributed by atoms with Crippen molar-refractivity contribution < 1.29 is 19.1 Å². The van der Waals surface area contributed by atoms with Gasteiger partial charge in [-0.3, -0.25) is 0 Å². The second kappa shape index (κ2) is 10.4. The van der Waals surface area contributed by atoms with Crippen LogP contribution in [0.3, 0.4) is 0 Å². The topological polar surface area (TPSA) is 103 Å². The number of aliphatic hydroxyl groups is 1. The van der Waals surface area contributed by atoms with Crippen molar-refractivity contribution in [3.05, 3.63) is 47.0 Å². The summed E-state index contributed by atoms with van der Waals surface area (Å²) in [5.74, 6) is 2.49.